The van der Waals surface area contributed by atoms with Gasteiger partial charge in [0.15, 0.2) is 0 Å². The average molecular weight is 411 g/mol. The molecular formula is C18H21BrClN3O. The third-order valence-electron chi connectivity index (χ3n) is 3.99. The smallest absolute Gasteiger partial charge is 0.265 e. The van der Waals surface area contributed by atoms with E-state index < -0.39 is 0 Å². The molecule has 0 unspecified atom stereocenters. The molecule has 3 rings (SSSR count). The summed E-state index contributed by atoms with van der Waals surface area (Å²) in [6.45, 7) is 4.56. The van der Waals surface area contributed by atoms with Crippen LogP contribution >= 0.6 is 28.3 Å². The summed E-state index contributed by atoms with van der Waals surface area (Å²) in [6, 6.07) is 17.9. The van der Waals surface area contributed by atoms with Gasteiger partial charge in [-0.2, -0.15) is 0 Å². The standard InChI is InChI=1S/C18H20BrN3O.ClH/c19-17-8-6-16(7-9-17)18(23)20-22-12-10-21(11-13-22)14-15-4-2-1-3-5-15;/h1-9H,10-14H2,(H,20,23);1H. The molecule has 0 aliphatic carbocycles. The molecular weight excluding hydrogens is 390 g/mol. The van der Waals surface area contributed by atoms with Crippen LogP contribution in [0.3, 0.4) is 0 Å². The number of halogens is 2. The van der Waals surface area contributed by atoms with Crippen LogP contribution in [0.5, 0.6) is 0 Å². The highest BCUT2D eigenvalue weighted by Crippen LogP contribution is 2.11. The Morgan fingerprint density at radius 2 is 1.58 bits per heavy atom. The van der Waals surface area contributed by atoms with Gasteiger partial charge in [0.05, 0.1) is 0 Å². The van der Waals surface area contributed by atoms with E-state index in [1.54, 1.807) is 0 Å². The molecule has 128 valence electrons. The first-order valence-electron chi connectivity index (χ1n) is 7.78. The van der Waals surface area contributed by atoms with Crippen LogP contribution in [-0.2, 0) is 6.54 Å². The molecule has 0 radical (unpaired) electrons. The maximum atomic E-state index is 12.2. The number of piperazine rings is 1. The third kappa shape index (κ3) is 5.31. The van der Waals surface area contributed by atoms with Gasteiger partial charge in [-0.1, -0.05) is 46.3 Å². The molecule has 1 N–H and O–H groups in total. The second-order valence-corrected chi connectivity index (χ2v) is 6.61. The van der Waals surface area contributed by atoms with Crippen LogP contribution in [0.15, 0.2) is 59.1 Å². The van der Waals surface area contributed by atoms with Gasteiger partial charge in [0.1, 0.15) is 0 Å². The Morgan fingerprint density at radius 3 is 2.21 bits per heavy atom. The summed E-state index contributed by atoms with van der Waals surface area (Å²) in [5, 5.41) is 2.01. The van der Waals surface area contributed by atoms with Crippen LogP contribution in [0.25, 0.3) is 0 Å². The number of carbonyl (C=O) groups excluding carboxylic acids is 1. The lowest BCUT2D eigenvalue weighted by Gasteiger charge is -2.34. The predicted molar refractivity (Wildman–Crippen MR) is 102 cm³/mol. The molecule has 0 aromatic heterocycles. The summed E-state index contributed by atoms with van der Waals surface area (Å²) >= 11 is 3.38. The first-order chi connectivity index (χ1) is 11.2. The zero-order valence-electron chi connectivity index (χ0n) is 13.3. The molecule has 4 nitrogen and oxygen atoms in total. The summed E-state index contributed by atoms with van der Waals surface area (Å²) in [6.07, 6.45) is 0. The summed E-state index contributed by atoms with van der Waals surface area (Å²) < 4.78 is 0.976. The molecule has 0 spiro atoms. The van der Waals surface area contributed by atoms with Crippen molar-refractivity contribution in [3.8, 4) is 0 Å². The molecule has 2 aromatic rings. The number of amides is 1. The van der Waals surface area contributed by atoms with Crippen LogP contribution in [0, 0.1) is 0 Å². The molecule has 0 bridgehead atoms. The summed E-state index contributed by atoms with van der Waals surface area (Å²) in [4.78, 5) is 14.6. The SMILES string of the molecule is Cl.O=C(NN1CCN(Cc2ccccc2)CC1)c1ccc(Br)cc1. The number of hydrogen-bond donors (Lipinski definition) is 1. The third-order valence-corrected chi connectivity index (χ3v) is 4.52. The lowest BCUT2D eigenvalue weighted by atomic mass is 10.2. The van der Waals surface area contributed by atoms with Gasteiger partial charge < -0.3 is 0 Å². The lowest BCUT2D eigenvalue weighted by Crippen LogP contribution is -2.53. The Balaban J connectivity index is 0.00000208. The monoisotopic (exact) mass is 409 g/mol. The number of carbonyl (C=O) groups is 1. The van der Waals surface area contributed by atoms with Gasteiger partial charge in [-0.05, 0) is 29.8 Å². The van der Waals surface area contributed by atoms with Crippen molar-refractivity contribution in [2.24, 2.45) is 0 Å². The van der Waals surface area contributed by atoms with Gasteiger partial charge in [-0.25, -0.2) is 5.01 Å². The zero-order chi connectivity index (χ0) is 16.1. The molecule has 0 atom stereocenters. The van der Waals surface area contributed by atoms with E-state index in [9.17, 15) is 4.79 Å². The molecule has 0 saturated carbocycles. The minimum absolute atomic E-state index is 0. The van der Waals surface area contributed by atoms with Crippen LogP contribution < -0.4 is 5.43 Å². The van der Waals surface area contributed by atoms with Crippen LogP contribution in [0.1, 0.15) is 15.9 Å². The Morgan fingerprint density at radius 1 is 0.958 bits per heavy atom. The molecule has 1 fully saturated rings. The van der Waals surface area contributed by atoms with Crippen molar-refractivity contribution in [2.75, 3.05) is 26.2 Å². The van der Waals surface area contributed by atoms with Crippen molar-refractivity contribution >= 4 is 34.2 Å². The van der Waals surface area contributed by atoms with E-state index in [0.717, 1.165) is 37.2 Å². The van der Waals surface area contributed by atoms with E-state index >= 15 is 0 Å². The molecule has 1 heterocycles. The second-order valence-electron chi connectivity index (χ2n) is 5.70. The van der Waals surface area contributed by atoms with Crippen molar-refractivity contribution in [1.29, 1.82) is 0 Å². The van der Waals surface area contributed by atoms with Crippen LogP contribution in [0.4, 0.5) is 0 Å². The number of rotatable bonds is 4. The Bertz CT molecular complexity index is 643. The van der Waals surface area contributed by atoms with Crippen molar-refractivity contribution < 1.29 is 4.79 Å². The molecule has 1 aliphatic heterocycles. The van der Waals surface area contributed by atoms with Gasteiger partial charge in [0.25, 0.3) is 5.91 Å². The minimum Gasteiger partial charge on any atom is -0.296 e. The first-order valence-corrected chi connectivity index (χ1v) is 8.58. The molecule has 2 aromatic carbocycles. The van der Waals surface area contributed by atoms with Crippen molar-refractivity contribution in [2.45, 2.75) is 6.54 Å². The maximum absolute atomic E-state index is 12.2. The first kappa shape index (κ1) is 18.9. The van der Waals surface area contributed by atoms with Gasteiger partial charge in [-0.3, -0.25) is 15.1 Å². The Labute approximate surface area is 157 Å². The van der Waals surface area contributed by atoms with E-state index in [1.165, 1.54) is 5.56 Å². The average Bonchev–Trinajstić information content (AvgIpc) is 2.58. The Hall–Kier alpha value is -1.40. The predicted octanol–water partition coefficient (Wildman–Crippen LogP) is 3.33. The molecule has 6 heteroatoms. The number of benzene rings is 2. The molecule has 1 aliphatic rings. The number of nitrogens with one attached hydrogen (secondary N) is 1. The number of hydrazine groups is 1. The van der Waals surface area contributed by atoms with Gasteiger partial charge in [-0.15, -0.1) is 12.4 Å². The summed E-state index contributed by atoms with van der Waals surface area (Å²) in [7, 11) is 0. The van der Waals surface area contributed by atoms with Crippen molar-refractivity contribution in [3.05, 3.63) is 70.2 Å². The second kappa shape index (κ2) is 9.18. The molecule has 24 heavy (non-hydrogen) atoms. The van der Waals surface area contributed by atoms with E-state index in [1.807, 2.05) is 35.3 Å². The van der Waals surface area contributed by atoms with Crippen LogP contribution in [-0.4, -0.2) is 42.0 Å². The highest BCUT2D eigenvalue weighted by molar-refractivity contribution is 9.10. The van der Waals surface area contributed by atoms with Gasteiger partial charge in [0, 0.05) is 42.8 Å². The van der Waals surface area contributed by atoms with E-state index in [0.29, 0.717) is 5.56 Å². The van der Waals surface area contributed by atoms with Gasteiger partial charge in [0.2, 0.25) is 0 Å². The van der Waals surface area contributed by atoms with Crippen molar-refractivity contribution in [3.63, 3.8) is 0 Å². The highest BCUT2D eigenvalue weighted by atomic mass is 79.9. The van der Waals surface area contributed by atoms with Crippen LogP contribution in [0.2, 0.25) is 0 Å². The highest BCUT2D eigenvalue weighted by Gasteiger charge is 2.18. The fraction of sp³-hybridized carbons (Fsp3) is 0.278. The van der Waals surface area contributed by atoms with Crippen molar-refractivity contribution in [1.82, 2.24) is 15.3 Å². The minimum atomic E-state index is -0.0472. The fourth-order valence-corrected chi connectivity index (χ4v) is 2.93. The maximum Gasteiger partial charge on any atom is 0.265 e. The summed E-state index contributed by atoms with van der Waals surface area (Å²) in [5.74, 6) is -0.0472. The fourth-order valence-electron chi connectivity index (χ4n) is 2.67. The number of hydrogen-bond acceptors (Lipinski definition) is 3. The van der Waals surface area contributed by atoms with E-state index in [2.05, 4.69) is 50.5 Å². The number of nitrogens with zero attached hydrogens (tertiary/aromatic N) is 2. The largest absolute Gasteiger partial charge is 0.296 e. The normalized spacial score (nSPS) is 15.5. The van der Waals surface area contributed by atoms with Gasteiger partial charge >= 0.3 is 0 Å². The zero-order valence-corrected chi connectivity index (χ0v) is 15.7. The molecule has 1 saturated heterocycles. The lowest BCUT2D eigenvalue weighted by molar-refractivity contribution is 0.0604. The van der Waals surface area contributed by atoms with E-state index in [4.69, 9.17) is 0 Å². The van der Waals surface area contributed by atoms with E-state index in [-0.39, 0.29) is 18.3 Å². The quantitative estimate of drug-likeness (QED) is 0.840. The topological polar surface area (TPSA) is 35.6 Å². The Kier molecular flexibility index (Phi) is 7.24. The summed E-state index contributed by atoms with van der Waals surface area (Å²) in [5.41, 5.74) is 5.01. The molecule has 1 amide bonds.